The Bertz CT molecular complexity index is 847. The normalized spacial score (nSPS) is 25.9. The molecule has 2 aliphatic heterocycles. The van der Waals surface area contributed by atoms with Crippen molar-refractivity contribution in [1.82, 2.24) is 9.80 Å². The number of amides is 1. The van der Waals surface area contributed by atoms with E-state index in [0.29, 0.717) is 12.7 Å². The first-order chi connectivity index (χ1) is 16.1. The van der Waals surface area contributed by atoms with Crippen LogP contribution in [0.1, 0.15) is 73.1 Å². The number of hydrogen-bond acceptors (Lipinski definition) is 5. The minimum Gasteiger partial charge on any atom is -0.459 e. The maximum atomic E-state index is 13.8. The predicted octanol–water partition coefficient (Wildman–Crippen LogP) is 4.68. The Morgan fingerprint density at radius 2 is 1.68 bits per heavy atom. The van der Waals surface area contributed by atoms with Gasteiger partial charge < -0.3 is 19.4 Å². The van der Waals surface area contributed by atoms with E-state index in [9.17, 15) is 9.59 Å². The molecule has 34 heavy (non-hydrogen) atoms. The summed E-state index contributed by atoms with van der Waals surface area (Å²) in [6, 6.07) is 10.8. The number of hydrogen-bond donors (Lipinski definition) is 0. The third-order valence-electron chi connectivity index (χ3n) is 8.15. The van der Waals surface area contributed by atoms with E-state index in [1.54, 1.807) is 4.90 Å². The van der Waals surface area contributed by atoms with Gasteiger partial charge in [-0.1, -0.05) is 32.0 Å². The Balaban J connectivity index is 1.47. The summed E-state index contributed by atoms with van der Waals surface area (Å²) in [6.45, 7) is 12.6. The van der Waals surface area contributed by atoms with Gasteiger partial charge in [0.15, 0.2) is 0 Å². The van der Waals surface area contributed by atoms with E-state index in [2.05, 4.69) is 35.8 Å². The fourth-order valence-corrected chi connectivity index (χ4v) is 6.24. The molecule has 1 aromatic carbocycles. The topological polar surface area (TPSA) is 53.1 Å². The molecule has 1 aliphatic carbocycles. The van der Waals surface area contributed by atoms with Crippen molar-refractivity contribution in [2.75, 3.05) is 31.2 Å². The fraction of sp³-hybridized carbons (Fsp3) is 0.714. The van der Waals surface area contributed by atoms with Crippen molar-refractivity contribution in [3.63, 3.8) is 0 Å². The van der Waals surface area contributed by atoms with Gasteiger partial charge in [-0.15, -0.1) is 0 Å². The molecule has 1 amide bonds. The van der Waals surface area contributed by atoms with Gasteiger partial charge in [0.05, 0.1) is 6.67 Å². The summed E-state index contributed by atoms with van der Waals surface area (Å²) in [4.78, 5) is 33.0. The van der Waals surface area contributed by atoms with Crippen LogP contribution >= 0.6 is 0 Å². The van der Waals surface area contributed by atoms with Crippen LogP contribution < -0.4 is 4.90 Å². The van der Waals surface area contributed by atoms with E-state index in [-0.39, 0.29) is 18.4 Å². The Hall–Kier alpha value is -2.08. The first kappa shape index (κ1) is 25.0. The van der Waals surface area contributed by atoms with Crippen LogP contribution in [0.25, 0.3) is 0 Å². The number of nitrogens with zero attached hydrogens (tertiary/aromatic N) is 3. The molecule has 1 aromatic rings. The lowest BCUT2D eigenvalue weighted by atomic mass is 9.78. The summed E-state index contributed by atoms with van der Waals surface area (Å²) in [7, 11) is 0. The Morgan fingerprint density at radius 1 is 1.06 bits per heavy atom. The van der Waals surface area contributed by atoms with Crippen LogP contribution in [0.2, 0.25) is 0 Å². The van der Waals surface area contributed by atoms with Crippen LogP contribution in [0.4, 0.5) is 5.69 Å². The molecule has 4 rings (SSSR count). The average molecular weight is 470 g/mol. The first-order valence-corrected chi connectivity index (χ1v) is 13.2. The van der Waals surface area contributed by atoms with Gasteiger partial charge in [0.2, 0.25) is 0 Å². The van der Waals surface area contributed by atoms with Crippen molar-refractivity contribution in [2.24, 2.45) is 11.8 Å². The van der Waals surface area contributed by atoms with Crippen LogP contribution in [0.5, 0.6) is 0 Å². The number of rotatable bonds is 5. The van der Waals surface area contributed by atoms with Gasteiger partial charge in [0.25, 0.3) is 5.91 Å². The Labute approximate surface area is 205 Å². The number of anilines is 1. The zero-order valence-electron chi connectivity index (χ0n) is 21.8. The predicted molar refractivity (Wildman–Crippen MR) is 135 cm³/mol. The number of likely N-dealkylation sites (tertiary alicyclic amines) is 1. The molecule has 2 saturated heterocycles. The molecule has 0 bridgehead atoms. The lowest BCUT2D eigenvalue weighted by molar-refractivity contribution is -0.158. The molecule has 3 fully saturated rings. The first-order valence-electron chi connectivity index (χ1n) is 13.2. The van der Waals surface area contributed by atoms with Gasteiger partial charge in [-0.25, -0.2) is 0 Å². The maximum Gasteiger partial charge on any atom is 0.326 e. The number of carbonyl (C=O) groups is 2. The van der Waals surface area contributed by atoms with Crippen LogP contribution in [0, 0.1) is 11.8 Å². The van der Waals surface area contributed by atoms with Crippen LogP contribution in [0.3, 0.4) is 0 Å². The molecule has 0 N–H and O–H groups in total. The second kappa shape index (κ2) is 9.88. The number of para-hydroxylation sites is 1. The largest absolute Gasteiger partial charge is 0.459 e. The quantitative estimate of drug-likeness (QED) is 0.586. The lowest BCUT2D eigenvalue weighted by Gasteiger charge is -2.47. The van der Waals surface area contributed by atoms with Gasteiger partial charge in [-0.05, 0) is 83.3 Å². The molecule has 2 heterocycles. The summed E-state index contributed by atoms with van der Waals surface area (Å²) in [5, 5.41) is 0. The minimum absolute atomic E-state index is 0.00408. The highest BCUT2D eigenvalue weighted by molar-refractivity contribution is 5.95. The average Bonchev–Trinajstić information content (AvgIpc) is 3.05. The second-order valence-electron chi connectivity index (χ2n) is 11.9. The maximum absolute atomic E-state index is 13.8. The van der Waals surface area contributed by atoms with Crippen molar-refractivity contribution in [3.8, 4) is 0 Å². The Kier molecular flexibility index (Phi) is 7.28. The van der Waals surface area contributed by atoms with Gasteiger partial charge in [-0.2, -0.15) is 0 Å². The minimum atomic E-state index is -0.574. The summed E-state index contributed by atoms with van der Waals surface area (Å²) >= 11 is 0. The molecule has 0 radical (unpaired) electrons. The van der Waals surface area contributed by atoms with E-state index in [0.717, 1.165) is 43.5 Å². The van der Waals surface area contributed by atoms with Crippen LogP contribution in [-0.4, -0.2) is 65.2 Å². The highest BCUT2D eigenvalue weighted by Gasteiger charge is 2.54. The van der Waals surface area contributed by atoms with Crippen molar-refractivity contribution in [2.45, 2.75) is 90.3 Å². The summed E-state index contributed by atoms with van der Waals surface area (Å²) in [6.07, 6.45) is 6.80. The third kappa shape index (κ3) is 5.27. The summed E-state index contributed by atoms with van der Waals surface area (Å²) in [5.41, 5.74) is -0.0839. The summed E-state index contributed by atoms with van der Waals surface area (Å²) in [5.74, 6) is 1.37. The number of ether oxygens (including phenoxy) is 1. The van der Waals surface area contributed by atoms with Gasteiger partial charge >= 0.3 is 5.97 Å². The van der Waals surface area contributed by atoms with E-state index >= 15 is 0 Å². The molecule has 188 valence electrons. The molecule has 1 saturated carbocycles. The zero-order chi connectivity index (χ0) is 24.5. The molecule has 6 heteroatoms. The highest BCUT2D eigenvalue weighted by Crippen LogP contribution is 2.41. The summed E-state index contributed by atoms with van der Waals surface area (Å²) < 4.78 is 5.53. The second-order valence-corrected chi connectivity index (χ2v) is 11.9. The van der Waals surface area contributed by atoms with Crippen molar-refractivity contribution < 1.29 is 14.3 Å². The van der Waals surface area contributed by atoms with Crippen molar-refractivity contribution in [3.05, 3.63) is 30.3 Å². The van der Waals surface area contributed by atoms with Crippen LogP contribution in [-0.2, 0) is 14.3 Å². The van der Waals surface area contributed by atoms with E-state index < -0.39 is 11.1 Å². The van der Waals surface area contributed by atoms with Crippen molar-refractivity contribution in [1.29, 1.82) is 0 Å². The standard InChI is InChI=1S/C28H43N3O3/c1-21(2)22-11-13-23(14-12-22)29-17-15-28(16-18-29)26(33)30(19-25(32)34-27(3,4)5)20-31(28)24-9-7-6-8-10-24/h6-10,21-23H,11-20H2,1-5H3. The molecule has 0 atom stereocenters. The number of piperidine rings is 1. The smallest absolute Gasteiger partial charge is 0.326 e. The number of carbonyl (C=O) groups excluding carboxylic acids is 2. The number of benzene rings is 1. The van der Waals surface area contributed by atoms with E-state index in [4.69, 9.17) is 4.74 Å². The zero-order valence-corrected chi connectivity index (χ0v) is 21.8. The highest BCUT2D eigenvalue weighted by atomic mass is 16.6. The fourth-order valence-electron chi connectivity index (χ4n) is 6.24. The molecule has 0 unspecified atom stereocenters. The van der Waals surface area contributed by atoms with Gasteiger partial charge in [0.1, 0.15) is 17.7 Å². The third-order valence-corrected chi connectivity index (χ3v) is 8.15. The molecule has 1 spiro atoms. The van der Waals surface area contributed by atoms with Gasteiger partial charge in [-0.3, -0.25) is 9.59 Å². The van der Waals surface area contributed by atoms with Crippen molar-refractivity contribution >= 4 is 17.6 Å². The van der Waals surface area contributed by atoms with Crippen LogP contribution in [0.15, 0.2) is 30.3 Å². The Morgan fingerprint density at radius 3 is 2.24 bits per heavy atom. The van der Waals surface area contributed by atoms with E-state index in [1.807, 2.05) is 39.0 Å². The number of esters is 1. The monoisotopic (exact) mass is 469 g/mol. The molecular weight excluding hydrogens is 426 g/mol. The van der Waals surface area contributed by atoms with E-state index in [1.165, 1.54) is 25.7 Å². The molecule has 0 aromatic heterocycles. The van der Waals surface area contributed by atoms with Gasteiger partial charge in [0, 0.05) is 24.8 Å². The molecule has 6 nitrogen and oxygen atoms in total. The molecular formula is C28H43N3O3. The lowest BCUT2D eigenvalue weighted by Crippen LogP contribution is -2.58. The molecule has 3 aliphatic rings. The SMILES string of the molecule is CC(C)C1CCC(N2CCC3(CC2)C(=O)N(CC(=O)OC(C)(C)C)CN3c2ccccc2)CC1.